The fourth-order valence-corrected chi connectivity index (χ4v) is 2.22. The zero-order chi connectivity index (χ0) is 15.2. The van der Waals surface area contributed by atoms with Gasteiger partial charge in [-0.15, -0.1) is 0 Å². The van der Waals surface area contributed by atoms with Crippen molar-refractivity contribution in [2.45, 2.75) is 33.4 Å². The number of hydrogen-bond acceptors (Lipinski definition) is 3. The first-order chi connectivity index (χ1) is 10.1. The Bertz CT molecular complexity index is 563. The van der Waals surface area contributed by atoms with Gasteiger partial charge in [0.05, 0.1) is 12.3 Å². The Kier molecular flexibility index (Phi) is 5.39. The molecule has 1 unspecified atom stereocenters. The van der Waals surface area contributed by atoms with Gasteiger partial charge < -0.3 is 10.1 Å². The molecule has 0 aliphatic rings. The molecule has 1 aromatic carbocycles. The van der Waals surface area contributed by atoms with Crippen LogP contribution in [0.1, 0.15) is 38.1 Å². The molecule has 0 amide bonds. The lowest BCUT2D eigenvalue weighted by atomic mass is 10.1. The largest absolute Gasteiger partial charge is 0.493 e. The highest BCUT2D eigenvalue weighted by Gasteiger charge is 2.10. The molecular weight excluding hydrogens is 262 g/mol. The molecule has 0 fully saturated rings. The number of nitrogens with zero attached hydrogens (tertiary/aromatic N) is 2. The zero-order valence-electron chi connectivity index (χ0n) is 13.3. The molecule has 4 heteroatoms. The summed E-state index contributed by atoms with van der Waals surface area (Å²) in [6, 6.07) is 10.5. The summed E-state index contributed by atoms with van der Waals surface area (Å²) in [5.41, 5.74) is 2.36. The van der Waals surface area contributed by atoms with Crippen molar-refractivity contribution in [1.29, 1.82) is 0 Å². The predicted octanol–water partition coefficient (Wildman–Crippen LogP) is 3.31. The second-order valence-corrected chi connectivity index (χ2v) is 5.79. The lowest BCUT2D eigenvalue weighted by molar-refractivity contribution is 0.267. The van der Waals surface area contributed by atoms with Crippen molar-refractivity contribution in [3.63, 3.8) is 0 Å². The Labute approximate surface area is 127 Å². The highest BCUT2D eigenvalue weighted by atomic mass is 16.5. The number of aryl methyl sites for hydroxylation is 1. The number of nitrogens with one attached hydrogen (secondary N) is 1. The topological polar surface area (TPSA) is 39.1 Å². The maximum Gasteiger partial charge on any atom is 0.123 e. The van der Waals surface area contributed by atoms with Crippen LogP contribution in [0.15, 0.2) is 36.5 Å². The summed E-state index contributed by atoms with van der Waals surface area (Å²) in [7, 11) is 1.97. The van der Waals surface area contributed by atoms with Gasteiger partial charge in [0.2, 0.25) is 0 Å². The lowest BCUT2D eigenvalue weighted by Gasteiger charge is -2.17. The maximum absolute atomic E-state index is 5.89. The van der Waals surface area contributed by atoms with Crippen LogP contribution in [0.3, 0.4) is 0 Å². The van der Waals surface area contributed by atoms with E-state index in [-0.39, 0.29) is 6.04 Å². The van der Waals surface area contributed by atoms with Gasteiger partial charge in [-0.05, 0) is 25.0 Å². The van der Waals surface area contributed by atoms with E-state index in [2.05, 4.69) is 37.3 Å². The van der Waals surface area contributed by atoms with E-state index < -0.39 is 0 Å². The normalized spacial score (nSPS) is 12.6. The molecule has 4 nitrogen and oxygen atoms in total. The molecule has 114 valence electrons. The highest BCUT2D eigenvalue weighted by Crippen LogP contribution is 2.20. The number of para-hydroxylation sites is 1. The number of hydrogen-bond donors (Lipinski definition) is 1. The van der Waals surface area contributed by atoms with Crippen molar-refractivity contribution in [3.05, 3.63) is 47.8 Å². The minimum atomic E-state index is 0.246. The van der Waals surface area contributed by atoms with E-state index >= 15 is 0 Å². The molecule has 21 heavy (non-hydrogen) atoms. The molecule has 1 heterocycles. The molecule has 2 rings (SSSR count). The van der Waals surface area contributed by atoms with Crippen LogP contribution < -0.4 is 10.1 Å². The minimum absolute atomic E-state index is 0.246. The molecule has 0 aliphatic heterocycles. The van der Waals surface area contributed by atoms with E-state index in [0.717, 1.165) is 18.9 Å². The second kappa shape index (κ2) is 7.27. The molecule has 0 saturated carbocycles. The average molecular weight is 287 g/mol. The number of aromatic nitrogens is 2. The van der Waals surface area contributed by atoms with Crippen molar-refractivity contribution in [2.75, 3.05) is 6.61 Å². The summed E-state index contributed by atoms with van der Waals surface area (Å²) in [6.07, 6.45) is 1.83. The van der Waals surface area contributed by atoms with Crippen LogP contribution in [0.2, 0.25) is 0 Å². The van der Waals surface area contributed by atoms with E-state index in [1.54, 1.807) is 0 Å². The van der Waals surface area contributed by atoms with Crippen LogP contribution in [0.4, 0.5) is 0 Å². The summed E-state index contributed by atoms with van der Waals surface area (Å²) in [5.74, 6) is 1.50. The summed E-state index contributed by atoms with van der Waals surface area (Å²) in [6.45, 7) is 7.99. The van der Waals surface area contributed by atoms with Gasteiger partial charge in [-0.1, -0.05) is 32.0 Å². The monoisotopic (exact) mass is 287 g/mol. The highest BCUT2D eigenvalue weighted by molar-refractivity contribution is 5.33. The van der Waals surface area contributed by atoms with Gasteiger partial charge in [0.1, 0.15) is 5.75 Å². The van der Waals surface area contributed by atoms with E-state index in [1.807, 2.05) is 42.2 Å². The molecule has 0 radical (unpaired) electrons. The van der Waals surface area contributed by atoms with Gasteiger partial charge in [-0.25, -0.2) is 0 Å². The molecular formula is C17H25N3O. The van der Waals surface area contributed by atoms with Crippen LogP contribution in [-0.2, 0) is 13.6 Å². The Balaban J connectivity index is 1.98. The molecule has 0 aliphatic carbocycles. The third-order valence-corrected chi connectivity index (χ3v) is 3.45. The van der Waals surface area contributed by atoms with Crippen molar-refractivity contribution >= 4 is 0 Å². The van der Waals surface area contributed by atoms with Gasteiger partial charge in [0.15, 0.2) is 0 Å². The third-order valence-electron chi connectivity index (χ3n) is 3.45. The van der Waals surface area contributed by atoms with Gasteiger partial charge in [-0.3, -0.25) is 4.68 Å². The molecule has 0 saturated heterocycles. The third kappa shape index (κ3) is 4.33. The van der Waals surface area contributed by atoms with Crippen LogP contribution in [0.25, 0.3) is 0 Å². The zero-order valence-corrected chi connectivity index (χ0v) is 13.3. The van der Waals surface area contributed by atoms with Crippen molar-refractivity contribution in [1.82, 2.24) is 15.1 Å². The standard InChI is InChI=1S/C17H25N3O/c1-13(2)12-21-17-8-6-5-7-15(17)11-18-14(3)16-9-10-19-20(16)4/h5-10,13-14,18H,11-12H2,1-4H3. The minimum Gasteiger partial charge on any atom is -0.493 e. The number of ether oxygens (including phenoxy) is 1. The van der Waals surface area contributed by atoms with Crippen LogP contribution in [0.5, 0.6) is 5.75 Å². The number of rotatable bonds is 7. The molecule has 1 N–H and O–H groups in total. The average Bonchev–Trinajstić information content (AvgIpc) is 2.89. The van der Waals surface area contributed by atoms with Crippen molar-refractivity contribution < 1.29 is 4.74 Å². The molecule has 0 bridgehead atoms. The smallest absolute Gasteiger partial charge is 0.123 e. The summed E-state index contributed by atoms with van der Waals surface area (Å²) in [4.78, 5) is 0. The summed E-state index contributed by atoms with van der Waals surface area (Å²) >= 11 is 0. The van der Waals surface area contributed by atoms with Gasteiger partial charge in [0.25, 0.3) is 0 Å². The van der Waals surface area contributed by atoms with Crippen molar-refractivity contribution in [2.24, 2.45) is 13.0 Å². The summed E-state index contributed by atoms with van der Waals surface area (Å²) in [5, 5.41) is 7.74. The van der Waals surface area contributed by atoms with E-state index in [4.69, 9.17) is 4.74 Å². The van der Waals surface area contributed by atoms with Crippen LogP contribution in [0, 0.1) is 5.92 Å². The predicted molar refractivity (Wildman–Crippen MR) is 85.2 cm³/mol. The van der Waals surface area contributed by atoms with E-state index in [0.29, 0.717) is 5.92 Å². The quantitative estimate of drug-likeness (QED) is 0.849. The Morgan fingerprint density at radius 3 is 2.62 bits per heavy atom. The Morgan fingerprint density at radius 1 is 1.19 bits per heavy atom. The fraction of sp³-hybridized carbons (Fsp3) is 0.471. The Hall–Kier alpha value is -1.81. The van der Waals surface area contributed by atoms with Crippen LogP contribution >= 0.6 is 0 Å². The molecule has 1 atom stereocenters. The lowest BCUT2D eigenvalue weighted by Crippen LogP contribution is -2.21. The molecule has 2 aromatic rings. The maximum atomic E-state index is 5.89. The van der Waals surface area contributed by atoms with Gasteiger partial charge >= 0.3 is 0 Å². The second-order valence-electron chi connectivity index (χ2n) is 5.79. The molecule has 1 aromatic heterocycles. The fourth-order valence-electron chi connectivity index (χ4n) is 2.22. The molecule has 0 spiro atoms. The first kappa shape index (κ1) is 15.6. The van der Waals surface area contributed by atoms with E-state index in [9.17, 15) is 0 Å². The van der Waals surface area contributed by atoms with Crippen LogP contribution in [-0.4, -0.2) is 16.4 Å². The van der Waals surface area contributed by atoms with Gasteiger partial charge in [0, 0.05) is 31.4 Å². The first-order valence-corrected chi connectivity index (χ1v) is 7.50. The summed E-state index contributed by atoms with van der Waals surface area (Å²) < 4.78 is 7.79. The Morgan fingerprint density at radius 2 is 1.95 bits per heavy atom. The van der Waals surface area contributed by atoms with E-state index in [1.165, 1.54) is 11.3 Å². The number of benzene rings is 1. The SMILES string of the molecule is CC(C)COc1ccccc1CNC(C)c1ccnn1C. The van der Waals surface area contributed by atoms with Crippen molar-refractivity contribution in [3.8, 4) is 5.75 Å². The first-order valence-electron chi connectivity index (χ1n) is 7.50. The van der Waals surface area contributed by atoms with Gasteiger partial charge in [-0.2, -0.15) is 5.10 Å².